The van der Waals surface area contributed by atoms with Crippen molar-refractivity contribution in [2.24, 2.45) is 22.7 Å². The van der Waals surface area contributed by atoms with Gasteiger partial charge in [-0.3, -0.25) is 4.79 Å². The number of carbonyl (C=O) groups is 1. The Kier molecular flexibility index (Phi) is 4.97. The molecule has 1 aromatic carbocycles. The zero-order chi connectivity index (χ0) is 20.1. The predicted octanol–water partition coefficient (Wildman–Crippen LogP) is 4.55. The van der Waals surface area contributed by atoms with E-state index in [0.29, 0.717) is 11.8 Å². The summed E-state index contributed by atoms with van der Waals surface area (Å²) in [7, 11) is 0. The van der Waals surface area contributed by atoms with Gasteiger partial charge in [0.05, 0.1) is 6.10 Å². The van der Waals surface area contributed by atoms with Crippen molar-refractivity contribution in [3.8, 4) is 0 Å². The van der Waals surface area contributed by atoms with E-state index >= 15 is 0 Å². The lowest BCUT2D eigenvalue weighted by molar-refractivity contribution is -0.135. The van der Waals surface area contributed by atoms with Gasteiger partial charge in [0.15, 0.2) is 0 Å². The summed E-state index contributed by atoms with van der Waals surface area (Å²) in [5, 5.41) is 3.36. The molecule has 1 spiro atoms. The first-order valence-corrected chi connectivity index (χ1v) is 11.1. The predicted molar refractivity (Wildman–Crippen MR) is 113 cm³/mol. The molecule has 1 unspecified atom stereocenters. The van der Waals surface area contributed by atoms with E-state index in [-0.39, 0.29) is 28.9 Å². The highest BCUT2D eigenvalue weighted by atomic mass is 16.5. The molecular weight excluding hydrogens is 348 g/mol. The van der Waals surface area contributed by atoms with E-state index in [1.165, 1.54) is 24.1 Å². The number of ether oxygens (including phenoxy) is 1. The highest BCUT2D eigenvalue weighted by Gasteiger charge is 2.68. The van der Waals surface area contributed by atoms with E-state index in [2.05, 4.69) is 62.2 Å². The van der Waals surface area contributed by atoms with Crippen molar-refractivity contribution in [3.63, 3.8) is 0 Å². The molecular formula is C24H36N2O2. The summed E-state index contributed by atoms with van der Waals surface area (Å²) >= 11 is 0. The van der Waals surface area contributed by atoms with Crippen molar-refractivity contribution in [2.45, 2.75) is 66.0 Å². The molecule has 4 nitrogen and oxygen atoms in total. The minimum atomic E-state index is 0.102. The molecule has 28 heavy (non-hydrogen) atoms. The van der Waals surface area contributed by atoms with Crippen LogP contribution < -0.4 is 10.2 Å². The van der Waals surface area contributed by atoms with Gasteiger partial charge in [0.1, 0.15) is 0 Å². The van der Waals surface area contributed by atoms with E-state index in [9.17, 15) is 4.79 Å². The number of hydrogen-bond acceptors (Lipinski definition) is 3. The highest BCUT2D eigenvalue weighted by molar-refractivity contribution is 5.73. The molecule has 1 aromatic rings. The quantitative estimate of drug-likeness (QED) is 0.810. The summed E-state index contributed by atoms with van der Waals surface area (Å²) in [6.45, 7) is 13.6. The van der Waals surface area contributed by atoms with E-state index in [1.54, 1.807) is 6.92 Å². The van der Waals surface area contributed by atoms with Crippen molar-refractivity contribution in [3.05, 3.63) is 29.8 Å². The fourth-order valence-electron chi connectivity index (χ4n) is 6.78. The van der Waals surface area contributed by atoms with E-state index in [1.807, 2.05) is 0 Å². The van der Waals surface area contributed by atoms with E-state index in [4.69, 9.17) is 4.74 Å². The summed E-state index contributed by atoms with van der Waals surface area (Å²) < 4.78 is 6.37. The van der Waals surface area contributed by atoms with Crippen molar-refractivity contribution in [1.82, 2.24) is 5.32 Å². The van der Waals surface area contributed by atoms with Crippen molar-refractivity contribution in [2.75, 3.05) is 24.6 Å². The Hall–Kier alpha value is -1.55. The van der Waals surface area contributed by atoms with Crippen LogP contribution in [0.25, 0.3) is 0 Å². The molecule has 1 N–H and O–H groups in total. The number of nitrogens with zero attached hydrogens (tertiary/aromatic N) is 1. The molecule has 4 heteroatoms. The second-order valence-electron chi connectivity index (χ2n) is 9.74. The first kappa shape index (κ1) is 19.8. The second kappa shape index (κ2) is 7.05. The van der Waals surface area contributed by atoms with Gasteiger partial charge in [-0.1, -0.05) is 26.0 Å². The average Bonchev–Trinajstić information content (AvgIpc) is 3.16. The Morgan fingerprint density at radius 1 is 1.21 bits per heavy atom. The first-order valence-electron chi connectivity index (χ1n) is 11.1. The fourth-order valence-corrected chi connectivity index (χ4v) is 6.78. The largest absolute Gasteiger partial charge is 0.373 e. The number of amides is 1. The third kappa shape index (κ3) is 2.87. The summed E-state index contributed by atoms with van der Waals surface area (Å²) in [4.78, 5) is 14.4. The molecule has 4 rings (SSSR count). The Labute approximate surface area is 170 Å². The van der Waals surface area contributed by atoms with Crippen LogP contribution >= 0.6 is 0 Å². The zero-order valence-corrected chi connectivity index (χ0v) is 18.1. The maximum atomic E-state index is 12.0. The Bertz CT molecular complexity index is 725. The van der Waals surface area contributed by atoms with Crippen molar-refractivity contribution < 1.29 is 9.53 Å². The summed E-state index contributed by atoms with van der Waals surface area (Å²) in [5.74, 6) is 1.26. The van der Waals surface area contributed by atoms with Crippen LogP contribution in [-0.2, 0) is 9.53 Å². The van der Waals surface area contributed by atoms with Crippen LogP contribution in [0.4, 0.5) is 5.69 Å². The molecule has 0 aromatic heterocycles. The summed E-state index contributed by atoms with van der Waals surface area (Å²) in [6, 6.07) is 9.27. The van der Waals surface area contributed by atoms with Gasteiger partial charge in [-0.15, -0.1) is 0 Å². The molecule has 1 aliphatic heterocycles. The van der Waals surface area contributed by atoms with Crippen LogP contribution in [-0.4, -0.2) is 31.6 Å². The smallest absolute Gasteiger partial charge is 0.217 e. The molecule has 1 heterocycles. The highest BCUT2D eigenvalue weighted by Crippen LogP contribution is 2.70. The van der Waals surface area contributed by atoms with Crippen LogP contribution in [0.5, 0.6) is 0 Å². The second-order valence-corrected chi connectivity index (χ2v) is 9.74. The van der Waals surface area contributed by atoms with Gasteiger partial charge in [-0.05, 0) is 73.5 Å². The number of hydrogen-bond donors (Lipinski definition) is 1. The molecule has 1 amide bonds. The maximum Gasteiger partial charge on any atom is 0.217 e. The number of carbonyl (C=O) groups excluding carboxylic acids is 1. The Morgan fingerprint density at radius 3 is 2.50 bits per heavy atom. The summed E-state index contributed by atoms with van der Waals surface area (Å²) in [5.41, 5.74) is 2.92. The third-order valence-electron chi connectivity index (χ3n) is 8.20. The number of benzene rings is 1. The average molecular weight is 385 g/mol. The number of rotatable bonds is 5. The summed E-state index contributed by atoms with van der Waals surface area (Å²) in [6.07, 6.45) is 3.66. The van der Waals surface area contributed by atoms with Crippen LogP contribution in [0, 0.1) is 22.7 Å². The van der Waals surface area contributed by atoms with Crippen LogP contribution in [0.15, 0.2) is 24.3 Å². The van der Waals surface area contributed by atoms with Crippen molar-refractivity contribution >= 4 is 11.6 Å². The molecule has 5 atom stereocenters. The zero-order valence-electron chi connectivity index (χ0n) is 18.1. The van der Waals surface area contributed by atoms with Gasteiger partial charge in [-0.25, -0.2) is 0 Å². The lowest BCUT2D eigenvalue weighted by Crippen LogP contribution is -2.58. The van der Waals surface area contributed by atoms with Gasteiger partial charge >= 0.3 is 0 Å². The number of anilines is 1. The van der Waals surface area contributed by atoms with Gasteiger partial charge in [0, 0.05) is 38.3 Å². The van der Waals surface area contributed by atoms with Gasteiger partial charge in [-0.2, -0.15) is 0 Å². The molecule has 3 aliphatic rings. The van der Waals surface area contributed by atoms with Crippen LogP contribution in [0.3, 0.4) is 0 Å². The van der Waals surface area contributed by atoms with E-state index in [0.717, 1.165) is 26.1 Å². The standard InChI is InChI=1S/C24H36N2O2/c1-6-26(7-2)19-10-8-17(9-11-19)21-20-14-18-15-24(20,12-13-28-21)22(23(18,4)5)25-16(3)27/h8-11,18,20-22H,6-7,12-15H2,1-5H3,(H,25,27)/t18-,20-,21-,22-,24?/m1/s1. The number of fused-ring (bicyclic) bond motifs is 1. The molecule has 1 saturated heterocycles. The Morgan fingerprint density at radius 2 is 1.89 bits per heavy atom. The third-order valence-corrected chi connectivity index (χ3v) is 8.20. The fraction of sp³-hybridized carbons (Fsp3) is 0.708. The van der Waals surface area contributed by atoms with Gasteiger partial charge in [0.25, 0.3) is 0 Å². The lowest BCUT2D eigenvalue weighted by Gasteiger charge is -2.53. The topological polar surface area (TPSA) is 41.6 Å². The molecule has 2 aliphatic carbocycles. The minimum Gasteiger partial charge on any atom is -0.373 e. The molecule has 0 radical (unpaired) electrons. The molecule has 154 valence electrons. The molecule has 2 saturated carbocycles. The monoisotopic (exact) mass is 384 g/mol. The van der Waals surface area contributed by atoms with Crippen LogP contribution in [0.1, 0.15) is 65.5 Å². The maximum absolute atomic E-state index is 12.0. The molecule has 3 fully saturated rings. The van der Waals surface area contributed by atoms with Crippen LogP contribution in [0.2, 0.25) is 0 Å². The van der Waals surface area contributed by atoms with Gasteiger partial charge < -0.3 is 15.0 Å². The Balaban J connectivity index is 1.63. The van der Waals surface area contributed by atoms with Gasteiger partial charge in [0.2, 0.25) is 5.91 Å². The molecule has 2 bridgehead atoms. The minimum absolute atomic E-state index is 0.102. The van der Waals surface area contributed by atoms with Crippen molar-refractivity contribution in [1.29, 1.82) is 0 Å². The first-order chi connectivity index (χ1) is 13.3. The van der Waals surface area contributed by atoms with E-state index < -0.39 is 0 Å². The lowest BCUT2D eigenvalue weighted by atomic mass is 9.59. The number of nitrogens with one attached hydrogen (secondary N) is 1. The normalized spacial score (nSPS) is 35.5. The SMILES string of the molecule is CCN(CC)c1ccc([C@H]2OCCC34C[C@@H](C[C@H]23)C(C)(C)[C@H]4NC(C)=O)cc1.